The molecule has 1 rings (SSSR count). The summed E-state index contributed by atoms with van der Waals surface area (Å²) in [6.45, 7) is 1.97. The van der Waals surface area contributed by atoms with E-state index in [2.05, 4.69) is 0 Å². The van der Waals surface area contributed by atoms with Crippen molar-refractivity contribution in [3.05, 3.63) is 35.6 Å². The zero-order valence-electron chi connectivity index (χ0n) is 9.65. The minimum absolute atomic E-state index is 0. The number of carboxylic acid groups (broad SMARTS) is 1. The van der Waals surface area contributed by atoms with Crippen LogP contribution in [-0.4, -0.2) is 11.1 Å². The Hall–Kier alpha value is -1.13. The van der Waals surface area contributed by atoms with E-state index in [0.29, 0.717) is 12.0 Å². The molecule has 0 saturated heterocycles. The fraction of sp³-hybridized carbons (Fsp3) is 0.417. The number of carbonyl (C=O) groups is 1. The molecule has 1 aromatic carbocycles. The van der Waals surface area contributed by atoms with Crippen molar-refractivity contribution in [3.63, 3.8) is 0 Å². The topological polar surface area (TPSA) is 63.3 Å². The molecule has 0 aromatic heterocycles. The molecule has 0 aliphatic heterocycles. The Morgan fingerprint density at radius 1 is 1.41 bits per heavy atom. The van der Waals surface area contributed by atoms with Gasteiger partial charge in [0.05, 0.1) is 0 Å². The molecule has 1 aromatic rings. The molecule has 0 spiro atoms. The van der Waals surface area contributed by atoms with Crippen LogP contribution in [0.5, 0.6) is 0 Å². The molecular formula is C12H17ClFNO2. The van der Waals surface area contributed by atoms with Gasteiger partial charge in [-0.1, -0.05) is 31.9 Å². The number of aliphatic carboxylic acids is 1. The van der Waals surface area contributed by atoms with Crippen molar-refractivity contribution in [2.24, 2.45) is 5.73 Å². The van der Waals surface area contributed by atoms with Crippen LogP contribution in [0.2, 0.25) is 0 Å². The summed E-state index contributed by atoms with van der Waals surface area (Å²) in [5.74, 6) is -1.47. The number of hydrogen-bond donors (Lipinski definition) is 2. The van der Waals surface area contributed by atoms with E-state index in [1.54, 1.807) is 0 Å². The minimum Gasteiger partial charge on any atom is -0.480 e. The molecule has 0 aliphatic rings. The molecule has 1 atom stereocenters. The van der Waals surface area contributed by atoms with Gasteiger partial charge in [-0.3, -0.25) is 0 Å². The summed E-state index contributed by atoms with van der Waals surface area (Å²) in [7, 11) is 0. The van der Waals surface area contributed by atoms with Gasteiger partial charge < -0.3 is 10.8 Å². The van der Waals surface area contributed by atoms with Gasteiger partial charge in [0.15, 0.2) is 0 Å². The molecule has 17 heavy (non-hydrogen) atoms. The van der Waals surface area contributed by atoms with E-state index in [1.807, 2.05) is 6.92 Å². The van der Waals surface area contributed by atoms with Crippen LogP contribution in [0.3, 0.4) is 0 Å². The van der Waals surface area contributed by atoms with E-state index in [-0.39, 0.29) is 12.4 Å². The Kier molecular flexibility index (Phi) is 6.13. The Balaban J connectivity index is 0.00000256. The van der Waals surface area contributed by atoms with Gasteiger partial charge in [0.2, 0.25) is 0 Å². The number of benzene rings is 1. The third-order valence-corrected chi connectivity index (χ3v) is 2.67. The highest BCUT2D eigenvalue weighted by molar-refractivity contribution is 5.85. The minimum atomic E-state index is -1.41. The highest BCUT2D eigenvalue weighted by Crippen LogP contribution is 2.25. The normalized spacial score (nSPS) is 13.6. The maximum absolute atomic E-state index is 12.7. The second kappa shape index (κ2) is 6.57. The van der Waals surface area contributed by atoms with Crippen molar-refractivity contribution in [2.75, 3.05) is 0 Å². The van der Waals surface area contributed by atoms with E-state index in [4.69, 9.17) is 10.8 Å². The number of unbranched alkanes of at least 4 members (excludes halogenated alkanes) is 1. The standard InChI is InChI=1S/C12H16FNO2.ClH/c1-2-3-8-12(14,11(15)16)9-4-6-10(13)7-5-9;/h4-7H,2-3,8,14H2,1H3,(H,15,16);1H/t12-;/m1./s1. The summed E-state index contributed by atoms with van der Waals surface area (Å²) < 4.78 is 12.7. The van der Waals surface area contributed by atoms with E-state index in [0.717, 1.165) is 12.8 Å². The molecule has 0 radical (unpaired) electrons. The summed E-state index contributed by atoms with van der Waals surface area (Å²) in [5, 5.41) is 9.16. The second-order valence-corrected chi connectivity index (χ2v) is 3.89. The van der Waals surface area contributed by atoms with Crippen molar-refractivity contribution in [1.29, 1.82) is 0 Å². The van der Waals surface area contributed by atoms with Crippen LogP contribution in [0.15, 0.2) is 24.3 Å². The van der Waals surface area contributed by atoms with Crippen LogP contribution in [0.25, 0.3) is 0 Å². The largest absolute Gasteiger partial charge is 0.480 e. The predicted octanol–water partition coefficient (Wildman–Crippen LogP) is 2.68. The lowest BCUT2D eigenvalue weighted by Gasteiger charge is -2.25. The molecule has 0 aliphatic carbocycles. The summed E-state index contributed by atoms with van der Waals surface area (Å²) in [4.78, 5) is 11.2. The van der Waals surface area contributed by atoms with Crippen LogP contribution in [0, 0.1) is 5.82 Å². The number of hydrogen-bond acceptors (Lipinski definition) is 2. The SMILES string of the molecule is CCCC[C@](N)(C(=O)O)c1ccc(F)cc1.Cl. The average Bonchev–Trinajstić information content (AvgIpc) is 2.26. The van der Waals surface area contributed by atoms with Crippen molar-refractivity contribution in [3.8, 4) is 0 Å². The van der Waals surface area contributed by atoms with Crippen LogP contribution in [0.1, 0.15) is 31.7 Å². The van der Waals surface area contributed by atoms with E-state index < -0.39 is 17.3 Å². The van der Waals surface area contributed by atoms with E-state index in [9.17, 15) is 9.18 Å². The van der Waals surface area contributed by atoms with Crippen molar-refractivity contribution >= 4 is 18.4 Å². The number of carboxylic acids is 1. The zero-order valence-corrected chi connectivity index (χ0v) is 10.5. The molecule has 3 nitrogen and oxygen atoms in total. The third-order valence-electron chi connectivity index (χ3n) is 2.67. The Labute approximate surface area is 106 Å². The van der Waals surface area contributed by atoms with Gasteiger partial charge in [-0.05, 0) is 24.1 Å². The van der Waals surface area contributed by atoms with Gasteiger partial charge in [-0.15, -0.1) is 12.4 Å². The molecular weight excluding hydrogens is 245 g/mol. The van der Waals surface area contributed by atoms with Crippen LogP contribution >= 0.6 is 12.4 Å². The summed E-state index contributed by atoms with van der Waals surface area (Å²) in [5.41, 5.74) is 4.90. The Morgan fingerprint density at radius 3 is 2.35 bits per heavy atom. The number of halogens is 2. The Bertz CT molecular complexity index is 369. The second-order valence-electron chi connectivity index (χ2n) is 3.89. The maximum Gasteiger partial charge on any atom is 0.328 e. The van der Waals surface area contributed by atoms with Gasteiger partial charge in [0.25, 0.3) is 0 Å². The molecule has 0 amide bonds. The molecule has 0 bridgehead atoms. The lowest BCUT2D eigenvalue weighted by atomic mass is 9.86. The van der Waals surface area contributed by atoms with Gasteiger partial charge in [-0.25, -0.2) is 9.18 Å². The number of rotatable bonds is 5. The van der Waals surface area contributed by atoms with Gasteiger partial charge in [0.1, 0.15) is 11.4 Å². The molecule has 5 heteroatoms. The monoisotopic (exact) mass is 261 g/mol. The van der Waals surface area contributed by atoms with Gasteiger partial charge in [-0.2, -0.15) is 0 Å². The summed E-state index contributed by atoms with van der Waals surface area (Å²) in [6.07, 6.45) is 1.94. The lowest BCUT2D eigenvalue weighted by Crippen LogP contribution is -2.44. The van der Waals surface area contributed by atoms with Crippen molar-refractivity contribution < 1.29 is 14.3 Å². The zero-order chi connectivity index (χ0) is 12.2. The molecule has 0 heterocycles. The van der Waals surface area contributed by atoms with Crippen molar-refractivity contribution in [2.45, 2.75) is 31.7 Å². The molecule has 0 saturated carbocycles. The third kappa shape index (κ3) is 3.68. The smallest absolute Gasteiger partial charge is 0.328 e. The Morgan fingerprint density at radius 2 is 1.94 bits per heavy atom. The fourth-order valence-electron chi connectivity index (χ4n) is 1.58. The first-order chi connectivity index (χ1) is 7.50. The first-order valence-electron chi connectivity index (χ1n) is 5.29. The van der Waals surface area contributed by atoms with Crippen molar-refractivity contribution in [1.82, 2.24) is 0 Å². The quantitative estimate of drug-likeness (QED) is 0.857. The number of nitrogens with two attached hydrogens (primary N) is 1. The molecule has 3 N–H and O–H groups in total. The molecule has 96 valence electrons. The highest BCUT2D eigenvalue weighted by atomic mass is 35.5. The van der Waals surface area contributed by atoms with Gasteiger partial charge in [0, 0.05) is 0 Å². The van der Waals surface area contributed by atoms with E-state index >= 15 is 0 Å². The molecule has 0 fully saturated rings. The highest BCUT2D eigenvalue weighted by Gasteiger charge is 2.35. The lowest BCUT2D eigenvalue weighted by molar-refractivity contribution is -0.144. The van der Waals surface area contributed by atoms with E-state index in [1.165, 1.54) is 24.3 Å². The summed E-state index contributed by atoms with van der Waals surface area (Å²) >= 11 is 0. The predicted molar refractivity (Wildman–Crippen MR) is 66.7 cm³/mol. The average molecular weight is 262 g/mol. The fourth-order valence-corrected chi connectivity index (χ4v) is 1.58. The van der Waals surface area contributed by atoms with Gasteiger partial charge >= 0.3 is 5.97 Å². The summed E-state index contributed by atoms with van der Waals surface area (Å²) in [6, 6.07) is 5.32. The molecule has 0 unspecified atom stereocenters. The van der Waals surface area contributed by atoms with Crippen LogP contribution in [-0.2, 0) is 10.3 Å². The van der Waals surface area contributed by atoms with Crippen LogP contribution in [0.4, 0.5) is 4.39 Å². The maximum atomic E-state index is 12.7. The van der Waals surface area contributed by atoms with Crippen LogP contribution < -0.4 is 5.73 Å². The first-order valence-corrected chi connectivity index (χ1v) is 5.29. The first kappa shape index (κ1) is 15.9.